The summed E-state index contributed by atoms with van der Waals surface area (Å²) in [5.74, 6) is 0.0303. The number of benzene rings is 1. The lowest BCUT2D eigenvalue weighted by molar-refractivity contribution is -0.133. The van der Waals surface area contributed by atoms with E-state index in [-0.39, 0.29) is 13.2 Å². The van der Waals surface area contributed by atoms with Gasteiger partial charge in [-0.3, -0.25) is 14.5 Å². The molecular weight excluding hydrogens is 290 g/mol. The number of hydrogen-bond donors (Lipinski definition) is 2. The molecule has 2 heterocycles. The van der Waals surface area contributed by atoms with Gasteiger partial charge in [-0.05, 0) is 24.6 Å². The van der Waals surface area contributed by atoms with Crippen LogP contribution in [-0.4, -0.2) is 41.6 Å². The number of nitrogens with two attached hydrogens (primary N) is 1. The number of carbonyl (C=O) groups is 3. The molecule has 8 nitrogen and oxygen atoms in total. The maximum absolute atomic E-state index is 12.4. The maximum atomic E-state index is 12.4. The zero-order valence-electron chi connectivity index (χ0n) is 11.9. The SMILES string of the molecule is C[C@]1(Cc2ccc3c(c2)OCO3)NC(=O)N(CC(N)=O)C1=O. The van der Waals surface area contributed by atoms with E-state index in [0.717, 1.165) is 10.5 Å². The molecule has 3 rings (SSSR count). The summed E-state index contributed by atoms with van der Waals surface area (Å²) in [4.78, 5) is 36.0. The third-order valence-electron chi connectivity index (χ3n) is 3.65. The molecule has 1 aromatic rings. The number of ether oxygens (including phenoxy) is 2. The lowest BCUT2D eigenvalue weighted by atomic mass is 9.92. The molecule has 0 saturated carbocycles. The van der Waals surface area contributed by atoms with Crippen LogP contribution in [0.2, 0.25) is 0 Å². The van der Waals surface area contributed by atoms with Crippen LogP contribution in [-0.2, 0) is 16.0 Å². The van der Waals surface area contributed by atoms with Crippen LogP contribution in [0.15, 0.2) is 18.2 Å². The Balaban J connectivity index is 1.81. The first-order chi connectivity index (χ1) is 10.4. The Hall–Kier alpha value is -2.77. The quantitative estimate of drug-likeness (QED) is 0.745. The highest BCUT2D eigenvalue weighted by molar-refractivity contribution is 6.08. The molecule has 0 bridgehead atoms. The molecule has 2 aliphatic heterocycles. The van der Waals surface area contributed by atoms with Crippen LogP contribution in [0.4, 0.5) is 4.79 Å². The number of amides is 4. The molecule has 1 fully saturated rings. The lowest BCUT2D eigenvalue weighted by Gasteiger charge is -2.21. The van der Waals surface area contributed by atoms with Crippen molar-refractivity contribution in [2.45, 2.75) is 18.9 Å². The first kappa shape index (κ1) is 14.2. The van der Waals surface area contributed by atoms with E-state index in [9.17, 15) is 14.4 Å². The second-order valence-corrected chi connectivity index (χ2v) is 5.48. The van der Waals surface area contributed by atoms with Gasteiger partial charge in [0.25, 0.3) is 5.91 Å². The molecule has 2 aliphatic rings. The molecule has 1 atom stereocenters. The summed E-state index contributed by atoms with van der Waals surface area (Å²) in [5, 5.41) is 2.61. The van der Waals surface area contributed by atoms with E-state index in [1.54, 1.807) is 25.1 Å². The number of urea groups is 1. The lowest BCUT2D eigenvalue weighted by Crippen LogP contribution is -2.46. The van der Waals surface area contributed by atoms with Crippen molar-refractivity contribution in [3.8, 4) is 11.5 Å². The van der Waals surface area contributed by atoms with Gasteiger partial charge < -0.3 is 20.5 Å². The Morgan fingerprint density at radius 2 is 2.09 bits per heavy atom. The molecule has 1 aromatic carbocycles. The third kappa shape index (κ3) is 2.32. The van der Waals surface area contributed by atoms with Crippen molar-refractivity contribution in [3.05, 3.63) is 23.8 Å². The van der Waals surface area contributed by atoms with E-state index in [1.807, 2.05) is 0 Å². The normalized spacial score (nSPS) is 22.9. The van der Waals surface area contributed by atoms with Crippen LogP contribution in [0.5, 0.6) is 11.5 Å². The Labute approximate surface area is 126 Å². The summed E-state index contributed by atoms with van der Waals surface area (Å²) in [6, 6.07) is 4.70. The van der Waals surface area contributed by atoms with Crippen LogP contribution in [0.1, 0.15) is 12.5 Å². The van der Waals surface area contributed by atoms with Crippen LogP contribution in [0, 0.1) is 0 Å². The monoisotopic (exact) mass is 305 g/mol. The van der Waals surface area contributed by atoms with Crippen molar-refractivity contribution < 1.29 is 23.9 Å². The van der Waals surface area contributed by atoms with Gasteiger partial charge in [-0.25, -0.2) is 4.79 Å². The van der Waals surface area contributed by atoms with Gasteiger partial charge in [-0.15, -0.1) is 0 Å². The summed E-state index contributed by atoms with van der Waals surface area (Å²) in [6.07, 6.45) is 0.267. The highest BCUT2D eigenvalue weighted by atomic mass is 16.7. The summed E-state index contributed by atoms with van der Waals surface area (Å²) < 4.78 is 10.5. The van der Waals surface area contributed by atoms with E-state index in [0.29, 0.717) is 11.5 Å². The largest absolute Gasteiger partial charge is 0.454 e. The second-order valence-electron chi connectivity index (χ2n) is 5.48. The van der Waals surface area contributed by atoms with Crippen LogP contribution in [0.3, 0.4) is 0 Å². The highest BCUT2D eigenvalue weighted by Crippen LogP contribution is 2.34. The van der Waals surface area contributed by atoms with Crippen LogP contribution in [0.25, 0.3) is 0 Å². The Morgan fingerprint density at radius 1 is 1.36 bits per heavy atom. The second kappa shape index (κ2) is 4.90. The van der Waals surface area contributed by atoms with Gasteiger partial charge in [0.2, 0.25) is 12.7 Å². The number of nitrogens with zero attached hydrogens (tertiary/aromatic N) is 1. The fraction of sp³-hybridized carbons (Fsp3) is 0.357. The van der Waals surface area contributed by atoms with E-state index >= 15 is 0 Å². The van der Waals surface area contributed by atoms with Gasteiger partial charge in [-0.1, -0.05) is 6.07 Å². The molecule has 3 N–H and O–H groups in total. The van der Waals surface area contributed by atoms with Crippen molar-refractivity contribution in [3.63, 3.8) is 0 Å². The topological polar surface area (TPSA) is 111 Å². The minimum absolute atomic E-state index is 0.165. The smallest absolute Gasteiger partial charge is 0.325 e. The zero-order valence-corrected chi connectivity index (χ0v) is 11.9. The van der Waals surface area contributed by atoms with Crippen LogP contribution < -0.4 is 20.5 Å². The first-order valence-corrected chi connectivity index (χ1v) is 6.70. The average Bonchev–Trinajstić information content (AvgIpc) is 2.97. The summed E-state index contributed by atoms with van der Waals surface area (Å²) in [5.41, 5.74) is 4.74. The molecule has 116 valence electrons. The van der Waals surface area contributed by atoms with Crippen molar-refractivity contribution in [1.29, 1.82) is 0 Å². The predicted molar refractivity (Wildman–Crippen MR) is 74.1 cm³/mol. The minimum atomic E-state index is -1.12. The molecule has 0 aromatic heterocycles. The molecular formula is C14H15N3O5. The number of hydrogen-bond acceptors (Lipinski definition) is 5. The number of rotatable bonds is 4. The number of nitrogens with one attached hydrogen (secondary N) is 1. The van der Waals surface area contributed by atoms with Gasteiger partial charge in [0.1, 0.15) is 12.1 Å². The van der Waals surface area contributed by atoms with Crippen molar-refractivity contribution in [2.75, 3.05) is 13.3 Å². The number of fused-ring (bicyclic) bond motifs is 1. The predicted octanol–water partition coefficient (Wildman–Crippen LogP) is -0.246. The van der Waals surface area contributed by atoms with Crippen molar-refractivity contribution in [1.82, 2.24) is 10.2 Å². The highest BCUT2D eigenvalue weighted by Gasteiger charge is 2.48. The van der Waals surface area contributed by atoms with E-state index in [4.69, 9.17) is 15.2 Å². The molecule has 0 spiro atoms. The zero-order chi connectivity index (χ0) is 15.9. The van der Waals surface area contributed by atoms with Gasteiger partial charge >= 0.3 is 6.03 Å². The standard InChI is InChI=1S/C14H15N3O5/c1-14(12(19)17(6-11(15)18)13(20)16-14)5-8-2-3-9-10(4-8)22-7-21-9/h2-4H,5-7H2,1H3,(H2,15,18)(H,16,20)/t14-/m1/s1. The molecule has 22 heavy (non-hydrogen) atoms. The van der Waals surface area contributed by atoms with Gasteiger partial charge in [0, 0.05) is 6.42 Å². The molecule has 4 amide bonds. The molecule has 1 saturated heterocycles. The first-order valence-electron chi connectivity index (χ1n) is 6.70. The van der Waals surface area contributed by atoms with Gasteiger partial charge in [0.15, 0.2) is 11.5 Å². The number of carbonyl (C=O) groups excluding carboxylic acids is 3. The Morgan fingerprint density at radius 3 is 2.82 bits per heavy atom. The average molecular weight is 305 g/mol. The number of primary amides is 1. The fourth-order valence-electron chi connectivity index (χ4n) is 2.63. The minimum Gasteiger partial charge on any atom is -0.454 e. The van der Waals surface area contributed by atoms with Crippen LogP contribution >= 0.6 is 0 Å². The summed E-state index contributed by atoms with van der Waals surface area (Å²) in [7, 11) is 0. The van der Waals surface area contributed by atoms with E-state index < -0.39 is 29.9 Å². The summed E-state index contributed by atoms with van der Waals surface area (Å²) >= 11 is 0. The van der Waals surface area contributed by atoms with Crippen molar-refractivity contribution in [2.24, 2.45) is 5.73 Å². The van der Waals surface area contributed by atoms with Crippen molar-refractivity contribution >= 4 is 17.8 Å². The van der Waals surface area contributed by atoms with Gasteiger partial charge in [0.05, 0.1) is 0 Å². The van der Waals surface area contributed by atoms with Gasteiger partial charge in [-0.2, -0.15) is 0 Å². The third-order valence-corrected chi connectivity index (χ3v) is 3.65. The molecule has 0 radical (unpaired) electrons. The van der Waals surface area contributed by atoms with E-state index in [1.165, 1.54) is 0 Å². The fourth-order valence-corrected chi connectivity index (χ4v) is 2.63. The Kier molecular flexibility index (Phi) is 3.16. The molecule has 0 unspecified atom stereocenters. The maximum Gasteiger partial charge on any atom is 0.325 e. The molecule has 0 aliphatic carbocycles. The number of imide groups is 1. The Bertz CT molecular complexity index is 674. The molecule has 8 heteroatoms. The van der Waals surface area contributed by atoms with E-state index in [2.05, 4.69) is 5.32 Å². The summed E-state index contributed by atoms with van der Waals surface area (Å²) in [6.45, 7) is 1.35.